The largest absolute Gasteiger partial charge is 0.472 e. The molecule has 0 radical (unpaired) electrons. The summed E-state index contributed by atoms with van der Waals surface area (Å²) in [6, 6.07) is 1.64. The Kier molecular flexibility index (Phi) is 4.53. The molecule has 1 aromatic heterocycles. The predicted molar refractivity (Wildman–Crippen MR) is 55.4 cm³/mol. The lowest BCUT2D eigenvalue weighted by molar-refractivity contribution is -0.138. The Bertz CT molecular complexity index is 348. The molecule has 2 amide bonds. The third kappa shape index (κ3) is 3.39. The van der Waals surface area contributed by atoms with Gasteiger partial charge < -0.3 is 20.2 Å². The first-order valence-corrected chi connectivity index (χ1v) is 4.85. The number of aliphatic hydroxyl groups is 1. The highest BCUT2D eigenvalue weighted by atomic mass is 16.3. The molecule has 0 bridgehead atoms. The van der Waals surface area contributed by atoms with Crippen LogP contribution >= 0.6 is 0 Å². The molecule has 6 heteroatoms. The van der Waals surface area contributed by atoms with Gasteiger partial charge in [0.25, 0.3) is 0 Å². The first-order valence-electron chi connectivity index (χ1n) is 4.85. The Morgan fingerprint density at radius 3 is 2.81 bits per heavy atom. The van der Waals surface area contributed by atoms with Crippen LogP contribution in [0.25, 0.3) is 0 Å². The lowest BCUT2D eigenvalue weighted by atomic mass is 10.1. The third-order valence-electron chi connectivity index (χ3n) is 2.06. The maximum absolute atomic E-state index is 11.0. The van der Waals surface area contributed by atoms with Crippen LogP contribution in [0.3, 0.4) is 0 Å². The molecule has 0 aliphatic heterocycles. The van der Waals surface area contributed by atoms with E-state index in [9.17, 15) is 14.7 Å². The maximum atomic E-state index is 11.0. The van der Waals surface area contributed by atoms with Gasteiger partial charge in [0.15, 0.2) is 0 Å². The van der Waals surface area contributed by atoms with Crippen molar-refractivity contribution in [3.8, 4) is 0 Å². The average Bonchev–Trinajstić information content (AvgIpc) is 2.81. The Morgan fingerprint density at radius 1 is 1.50 bits per heavy atom. The monoisotopic (exact) mass is 226 g/mol. The summed E-state index contributed by atoms with van der Waals surface area (Å²) in [5, 5.41) is 14.2. The molecule has 1 heterocycles. The smallest absolute Gasteiger partial charge is 0.309 e. The molecular formula is C10H14N2O4. The van der Waals surface area contributed by atoms with E-state index in [-0.39, 0.29) is 6.54 Å². The van der Waals surface area contributed by atoms with E-state index in [1.807, 2.05) is 0 Å². The van der Waals surface area contributed by atoms with E-state index in [4.69, 9.17) is 4.42 Å². The van der Waals surface area contributed by atoms with Crippen molar-refractivity contribution >= 4 is 11.8 Å². The van der Waals surface area contributed by atoms with Crippen molar-refractivity contribution < 1.29 is 19.1 Å². The van der Waals surface area contributed by atoms with Gasteiger partial charge in [-0.15, -0.1) is 0 Å². The van der Waals surface area contributed by atoms with Gasteiger partial charge in [-0.1, -0.05) is 0 Å². The van der Waals surface area contributed by atoms with Gasteiger partial charge in [-0.3, -0.25) is 9.59 Å². The molecule has 0 spiro atoms. The standard InChI is InChI=1S/C10H14N2O4/c1-11-9(14)10(15)12-4-2-8(13)7-3-5-16-6-7/h3,5-6,8,13H,2,4H2,1H3,(H,11,14)(H,12,15). The normalized spacial score (nSPS) is 11.9. The van der Waals surface area contributed by atoms with Crippen molar-refractivity contribution in [1.29, 1.82) is 0 Å². The highest BCUT2D eigenvalue weighted by molar-refractivity contribution is 6.34. The number of furan rings is 1. The lowest BCUT2D eigenvalue weighted by Crippen LogP contribution is -2.38. The van der Waals surface area contributed by atoms with Crippen LogP contribution in [0.1, 0.15) is 18.1 Å². The molecule has 88 valence electrons. The minimum Gasteiger partial charge on any atom is -0.472 e. The number of likely N-dealkylation sites (N-methyl/N-ethyl adjacent to an activating group) is 1. The van der Waals surface area contributed by atoms with Crippen molar-refractivity contribution in [3.05, 3.63) is 24.2 Å². The van der Waals surface area contributed by atoms with E-state index < -0.39 is 17.9 Å². The minimum atomic E-state index is -0.707. The molecule has 0 aliphatic carbocycles. The Hall–Kier alpha value is -1.82. The fourth-order valence-corrected chi connectivity index (χ4v) is 1.15. The molecule has 0 saturated heterocycles. The van der Waals surface area contributed by atoms with Gasteiger partial charge in [0, 0.05) is 19.2 Å². The fraction of sp³-hybridized carbons (Fsp3) is 0.400. The zero-order chi connectivity index (χ0) is 12.0. The van der Waals surface area contributed by atoms with E-state index in [1.54, 1.807) is 6.07 Å². The summed E-state index contributed by atoms with van der Waals surface area (Å²) in [6.45, 7) is 0.221. The summed E-state index contributed by atoms with van der Waals surface area (Å²) in [5.41, 5.74) is 0.647. The van der Waals surface area contributed by atoms with Crippen LogP contribution in [0.4, 0.5) is 0 Å². The number of hydrogen-bond donors (Lipinski definition) is 3. The first kappa shape index (κ1) is 12.3. The Labute approximate surface area is 92.6 Å². The minimum absolute atomic E-state index is 0.221. The summed E-state index contributed by atoms with van der Waals surface area (Å²) < 4.78 is 4.81. The van der Waals surface area contributed by atoms with Gasteiger partial charge in [0.1, 0.15) is 0 Å². The molecule has 0 saturated carbocycles. The SMILES string of the molecule is CNC(=O)C(=O)NCCC(O)c1ccoc1. The number of carbonyl (C=O) groups excluding carboxylic acids is 2. The molecule has 1 aromatic rings. The maximum Gasteiger partial charge on any atom is 0.309 e. The number of amides is 2. The van der Waals surface area contributed by atoms with Crippen molar-refractivity contribution in [2.45, 2.75) is 12.5 Å². The van der Waals surface area contributed by atoms with E-state index in [1.165, 1.54) is 19.6 Å². The van der Waals surface area contributed by atoms with E-state index >= 15 is 0 Å². The number of rotatable bonds is 4. The summed E-state index contributed by atoms with van der Waals surface area (Å²) in [4.78, 5) is 21.8. The van der Waals surface area contributed by atoms with Crippen molar-refractivity contribution in [3.63, 3.8) is 0 Å². The Balaban J connectivity index is 2.26. The fourth-order valence-electron chi connectivity index (χ4n) is 1.15. The van der Waals surface area contributed by atoms with E-state index in [0.717, 1.165) is 0 Å². The summed E-state index contributed by atoms with van der Waals surface area (Å²) in [6.07, 6.45) is 2.51. The molecule has 1 atom stereocenters. The van der Waals surface area contributed by atoms with Crippen LogP contribution in [-0.2, 0) is 9.59 Å². The molecule has 0 fully saturated rings. The molecule has 3 N–H and O–H groups in total. The zero-order valence-corrected chi connectivity index (χ0v) is 8.90. The van der Waals surface area contributed by atoms with Crippen LogP contribution in [0, 0.1) is 0 Å². The first-order chi connectivity index (χ1) is 7.65. The summed E-state index contributed by atoms with van der Waals surface area (Å²) in [5.74, 6) is -1.40. The zero-order valence-electron chi connectivity index (χ0n) is 8.90. The van der Waals surface area contributed by atoms with Crippen molar-refractivity contribution in [2.24, 2.45) is 0 Å². The third-order valence-corrected chi connectivity index (χ3v) is 2.06. The summed E-state index contributed by atoms with van der Waals surface area (Å²) in [7, 11) is 1.38. The van der Waals surface area contributed by atoms with Crippen LogP contribution in [0.2, 0.25) is 0 Å². The number of hydrogen-bond acceptors (Lipinski definition) is 4. The van der Waals surface area contributed by atoms with Gasteiger partial charge in [-0.2, -0.15) is 0 Å². The van der Waals surface area contributed by atoms with Crippen molar-refractivity contribution in [1.82, 2.24) is 10.6 Å². The predicted octanol–water partition coefficient (Wildman–Crippen LogP) is -0.435. The Morgan fingerprint density at radius 2 is 2.25 bits per heavy atom. The van der Waals surface area contributed by atoms with Crippen LogP contribution in [-0.4, -0.2) is 30.5 Å². The van der Waals surface area contributed by atoms with Crippen LogP contribution in [0.15, 0.2) is 23.0 Å². The van der Waals surface area contributed by atoms with Gasteiger partial charge >= 0.3 is 11.8 Å². The molecule has 6 nitrogen and oxygen atoms in total. The molecule has 1 unspecified atom stereocenters. The molecule has 0 aliphatic rings. The second kappa shape index (κ2) is 5.92. The van der Waals surface area contributed by atoms with E-state index in [0.29, 0.717) is 12.0 Å². The second-order valence-corrected chi connectivity index (χ2v) is 3.20. The molecular weight excluding hydrogens is 212 g/mol. The number of nitrogens with one attached hydrogen (secondary N) is 2. The quantitative estimate of drug-likeness (QED) is 0.607. The van der Waals surface area contributed by atoms with Crippen LogP contribution < -0.4 is 10.6 Å². The summed E-state index contributed by atoms with van der Waals surface area (Å²) >= 11 is 0. The van der Waals surface area contributed by atoms with Gasteiger partial charge in [0.05, 0.1) is 18.6 Å². The second-order valence-electron chi connectivity index (χ2n) is 3.20. The van der Waals surface area contributed by atoms with Crippen molar-refractivity contribution in [2.75, 3.05) is 13.6 Å². The molecule has 1 rings (SSSR count). The van der Waals surface area contributed by atoms with Gasteiger partial charge in [-0.05, 0) is 12.5 Å². The highest BCUT2D eigenvalue weighted by Gasteiger charge is 2.12. The van der Waals surface area contributed by atoms with Crippen LogP contribution in [0.5, 0.6) is 0 Å². The highest BCUT2D eigenvalue weighted by Crippen LogP contribution is 2.15. The number of carbonyl (C=O) groups is 2. The van der Waals surface area contributed by atoms with Gasteiger partial charge in [-0.25, -0.2) is 0 Å². The topological polar surface area (TPSA) is 91.6 Å². The van der Waals surface area contributed by atoms with Gasteiger partial charge in [0.2, 0.25) is 0 Å². The molecule has 16 heavy (non-hydrogen) atoms. The number of aliphatic hydroxyl groups excluding tert-OH is 1. The lowest BCUT2D eigenvalue weighted by Gasteiger charge is -2.08. The van der Waals surface area contributed by atoms with E-state index in [2.05, 4.69) is 10.6 Å². The average molecular weight is 226 g/mol. The molecule has 0 aromatic carbocycles.